The summed E-state index contributed by atoms with van der Waals surface area (Å²) in [6.45, 7) is 10.3. The van der Waals surface area contributed by atoms with Crippen molar-refractivity contribution in [3.8, 4) is 5.75 Å². The summed E-state index contributed by atoms with van der Waals surface area (Å²) >= 11 is 0. The van der Waals surface area contributed by atoms with Crippen molar-refractivity contribution < 1.29 is 9.53 Å². The van der Waals surface area contributed by atoms with E-state index in [2.05, 4.69) is 50.4 Å². The van der Waals surface area contributed by atoms with Gasteiger partial charge in [0, 0.05) is 0 Å². The van der Waals surface area contributed by atoms with Gasteiger partial charge in [0.15, 0.2) is 6.61 Å². The van der Waals surface area contributed by atoms with Crippen LogP contribution in [-0.4, -0.2) is 12.5 Å². The maximum Gasteiger partial charge on any atom is 0.258 e. The molecule has 0 fully saturated rings. The highest BCUT2D eigenvalue weighted by molar-refractivity contribution is 5.78. The molecule has 0 aliphatic heterocycles. The predicted molar refractivity (Wildman–Crippen MR) is 98.5 cm³/mol. The molecular formula is C21H27NO2. The molecule has 1 unspecified atom stereocenters. The molecule has 1 atom stereocenters. The fourth-order valence-corrected chi connectivity index (χ4v) is 2.74. The Kier molecular flexibility index (Phi) is 6.02. The van der Waals surface area contributed by atoms with Crippen LogP contribution in [0.4, 0.5) is 0 Å². The molecule has 0 saturated heterocycles. The molecule has 0 radical (unpaired) electrons. The van der Waals surface area contributed by atoms with Gasteiger partial charge >= 0.3 is 0 Å². The lowest BCUT2D eigenvalue weighted by atomic mass is 9.99. The minimum absolute atomic E-state index is 0.0134. The number of benzene rings is 2. The van der Waals surface area contributed by atoms with E-state index in [1.165, 1.54) is 16.7 Å². The predicted octanol–water partition coefficient (Wildman–Crippen LogP) is 4.57. The molecule has 2 aromatic rings. The largest absolute Gasteiger partial charge is 0.484 e. The molecule has 0 aromatic heterocycles. The van der Waals surface area contributed by atoms with Crippen LogP contribution < -0.4 is 10.1 Å². The molecule has 0 spiro atoms. The van der Waals surface area contributed by atoms with Crippen LogP contribution in [0.1, 0.15) is 47.2 Å². The SMILES string of the molecule is CCC(NC(=O)COc1ccc(C)cc1C)c1ccc(C)c(C)c1. The molecular weight excluding hydrogens is 298 g/mol. The first-order valence-electron chi connectivity index (χ1n) is 8.47. The number of carbonyl (C=O) groups excluding carboxylic acids is 1. The molecule has 0 heterocycles. The van der Waals surface area contributed by atoms with E-state index < -0.39 is 0 Å². The highest BCUT2D eigenvalue weighted by Gasteiger charge is 2.14. The van der Waals surface area contributed by atoms with Crippen LogP contribution in [0.5, 0.6) is 5.75 Å². The van der Waals surface area contributed by atoms with Gasteiger partial charge < -0.3 is 10.1 Å². The number of carbonyl (C=O) groups is 1. The van der Waals surface area contributed by atoms with E-state index >= 15 is 0 Å². The van der Waals surface area contributed by atoms with Crippen molar-refractivity contribution in [3.05, 3.63) is 64.2 Å². The average molecular weight is 325 g/mol. The molecule has 3 heteroatoms. The number of nitrogens with one attached hydrogen (secondary N) is 1. The molecule has 1 amide bonds. The van der Waals surface area contributed by atoms with Crippen molar-refractivity contribution >= 4 is 5.91 Å². The van der Waals surface area contributed by atoms with E-state index in [9.17, 15) is 4.79 Å². The monoisotopic (exact) mass is 325 g/mol. The van der Waals surface area contributed by atoms with Gasteiger partial charge in [0.2, 0.25) is 0 Å². The van der Waals surface area contributed by atoms with E-state index in [0.717, 1.165) is 23.3 Å². The zero-order chi connectivity index (χ0) is 17.7. The van der Waals surface area contributed by atoms with Gasteiger partial charge in [-0.25, -0.2) is 0 Å². The van der Waals surface area contributed by atoms with Gasteiger partial charge in [-0.3, -0.25) is 4.79 Å². The number of ether oxygens (including phenoxy) is 1. The number of rotatable bonds is 6. The van der Waals surface area contributed by atoms with Crippen LogP contribution in [-0.2, 0) is 4.79 Å². The quantitative estimate of drug-likeness (QED) is 0.845. The minimum Gasteiger partial charge on any atom is -0.484 e. The summed E-state index contributed by atoms with van der Waals surface area (Å²) < 4.78 is 5.67. The lowest BCUT2D eigenvalue weighted by Gasteiger charge is -2.19. The normalized spacial score (nSPS) is 11.9. The maximum absolute atomic E-state index is 12.3. The first kappa shape index (κ1) is 18.1. The number of amides is 1. The van der Waals surface area contributed by atoms with Gasteiger partial charge in [0.05, 0.1) is 6.04 Å². The Bertz CT molecular complexity index is 722. The van der Waals surface area contributed by atoms with Crippen molar-refractivity contribution in [1.82, 2.24) is 5.32 Å². The number of aryl methyl sites for hydroxylation is 4. The van der Waals surface area contributed by atoms with Crippen molar-refractivity contribution in [3.63, 3.8) is 0 Å². The van der Waals surface area contributed by atoms with Gasteiger partial charge in [0.1, 0.15) is 5.75 Å². The Morgan fingerprint density at radius 2 is 1.75 bits per heavy atom. The van der Waals surface area contributed by atoms with Crippen LogP contribution in [0.25, 0.3) is 0 Å². The molecule has 0 aliphatic carbocycles. The zero-order valence-corrected chi connectivity index (χ0v) is 15.3. The minimum atomic E-state index is -0.0972. The van der Waals surface area contributed by atoms with Crippen LogP contribution in [0.15, 0.2) is 36.4 Å². The summed E-state index contributed by atoms with van der Waals surface area (Å²) in [5.41, 5.74) is 5.87. The van der Waals surface area contributed by atoms with E-state index in [1.807, 2.05) is 26.0 Å². The summed E-state index contributed by atoms with van der Waals surface area (Å²) in [5.74, 6) is 0.662. The van der Waals surface area contributed by atoms with Gasteiger partial charge in [-0.1, -0.05) is 42.8 Å². The summed E-state index contributed by atoms with van der Waals surface area (Å²) in [6, 6.07) is 12.3. The maximum atomic E-state index is 12.3. The fourth-order valence-electron chi connectivity index (χ4n) is 2.74. The van der Waals surface area contributed by atoms with Gasteiger partial charge in [-0.05, 0) is 62.4 Å². The lowest BCUT2D eigenvalue weighted by molar-refractivity contribution is -0.123. The highest BCUT2D eigenvalue weighted by atomic mass is 16.5. The third kappa shape index (κ3) is 4.60. The van der Waals surface area contributed by atoms with E-state index in [1.54, 1.807) is 0 Å². The van der Waals surface area contributed by atoms with Gasteiger partial charge in [-0.15, -0.1) is 0 Å². The summed E-state index contributed by atoms with van der Waals surface area (Å²) in [7, 11) is 0. The third-order valence-electron chi connectivity index (χ3n) is 4.37. The molecule has 128 valence electrons. The van der Waals surface area contributed by atoms with Crippen LogP contribution >= 0.6 is 0 Å². The van der Waals surface area contributed by atoms with Crippen molar-refractivity contribution in [1.29, 1.82) is 0 Å². The topological polar surface area (TPSA) is 38.3 Å². The van der Waals surface area contributed by atoms with Crippen molar-refractivity contribution in [2.75, 3.05) is 6.61 Å². The zero-order valence-electron chi connectivity index (χ0n) is 15.3. The fraction of sp³-hybridized carbons (Fsp3) is 0.381. The summed E-state index contributed by atoms with van der Waals surface area (Å²) in [6.07, 6.45) is 0.845. The van der Waals surface area contributed by atoms with Crippen LogP contribution in [0.2, 0.25) is 0 Å². The summed E-state index contributed by atoms with van der Waals surface area (Å²) in [4.78, 5) is 12.3. The Labute approximate surface area is 145 Å². The Balaban J connectivity index is 1.97. The van der Waals surface area contributed by atoms with E-state index in [0.29, 0.717) is 0 Å². The molecule has 0 saturated carbocycles. The lowest BCUT2D eigenvalue weighted by Crippen LogP contribution is -2.32. The second kappa shape index (κ2) is 8.00. The molecule has 1 N–H and O–H groups in total. The van der Waals surface area contributed by atoms with Crippen LogP contribution in [0.3, 0.4) is 0 Å². The van der Waals surface area contributed by atoms with E-state index in [4.69, 9.17) is 4.74 Å². The van der Waals surface area contributed by atoms with E-state index in [-0.39, 0.29) is 18.6 Å². The Hall–Kier alpha value is -2.29. The smallest absolute Gasteiger partial charge is 0.258 e. The molecule has 2 aromatic carbocycles. The first-order valence-corrected chi connectivity index (χ1v) is 8.47. The highest BCUT2D eigenvalue weighted by Crippen LogP contribution is 2.21. The molecule has 0 bridgehead atoms. The third-order valence-corrected chi connectivity index (χ3v) is 4.37. The Morgan fingerprint density at radius 1 is 1.00 bits per heavy atom. The van der Waals surface area contributed by atoms with Crippen molar-refractivity contribution in [2.24, 2.45) is 0 Å². The van der Waals surface area contributed by atoms with Crippen molar-refractivity contribution in [2.45, 2.75) is 47.1 Å². The van der Waals surface area contributed by atoms with Gasteiger partial charge in [0.25, 0.3) is 5.91 Å². The second-order valence-corrected chi connectivity index (χ2v) is 6.43. The molecule has 3 nitrogen and oxygen atoms in total. The molecule has 0 aliphatic rings. The average Bonchev–Trinajstić information content (AvgIpc) is 2.54. The standard InChI is InChI=1S/C21H27NO2/c1-6-19(18-9-8-15(3)16(4)12-18)22-21(23)13-24-20-10-7-14(2)11-17(20)5/h7-12,19H,6,13H2,1-5H3,(H,22,23). The second-order valence-electron chi connectivity index (χ2n) is 6.43. The Morgan fingerprint density at radius 3 is 2.38 bits per heavy atom. The van der Waals surface area contributed by atoms with Gasteiger partial charge in [-0.2, -0.15) is 0 Å². The molecule has 24 heavy (non-hydrogen) atoms. The number of hydrogen-bond acceptors (Lipinski definition) is 2. The summed E-state index contributed by atoms with van der Waals surface area (Å²) in [5, 5.41) is 3.07. The van der Waals surface area contributed by atoms with Crippen LogP contribution in [0, 0.1) is 27.7 Å². The number of hydrogen-bond donors (Lipinski definition) is 1. The molecule has 2 rings (SSSR count). The first-order chi connectivity index (χ1) is 11.4.